The van der Waals surface area contributed by atoms with Crippen LogP contribution in [-0.4, -0.2) is 43.3 Å². The van der Waals surface area contributed by atoms with E-state index in [0.29, 0.717) is 13.1 Å². The second-order valence-electron chi connectivity index (χ2n) is 3.99. The number of rotatable bonds is 10. The highest BCUT2D eigenvalue weighted by atomic mass is 31.2. The third-order valence-electron chi connectivity index (χ3n) is 2.32. The molecule has 0 aliphatic rings. The van der Waals surface area contributed by atoms with Gasteiger partial charge in [0.2, 0.25) is 5.91 Å². The maximum atomic E-state index is 12.2. The van der Waals surface area contributed by atoms with Gasteiger partial charge in [0.25, 0.3) is 0 Å². The third-order valence-corrected chi connectivity index (χ3v) is 4.28. The molecule has 0 radical (unpaired) electrons. The highest BCUT2D eigenvalue weighted by molar-refractivity contribution is 7.54. The van der Waals surface area contributed by atoms with E-state index in [0.717, 1.165) is 12.8 Å². The first-order valence-corrected chi connectivity index (χ1v) is 8.41. The summed E-state index contributed by atoms with van der Waals surface area (Å²) in [4.78, 5) is 13.8. The van der Waals surface area contributed by atoms with Crippen molar-refractivity contribution in [1.29, 1.82) is 0 Å². The van der Waals surface area contributed by atoms with E-state index in [9.17, 15) is 9.36 Å². The highest BCUT2D eigenvalue weighted by Crippen LogP contribution is 2.47. The third kappa shape index (κ3) is 6.53. The van der Waals surface area contributed by atoms with Gasteiger partial charge in [-0.25, -0.2) is 0 Å². The number of hydrogen-bond acceptors (Lipinski definition) is 4. The molecule has 5 nitrogen and oxygen atoms in total. The van der Waals surface area contributed by atoms with Gasteiger partial charge in [-0.3, -0.25) is 9.36 Å². The summed E-state index contributed by atoms with van der Waals surface area (Å²) in [7, 11) is -3.27. The molecule has 0 bridgehead atoms. The number of nitrogens with zero attached hydrogens (tertiary/aromatic N) is 1. The summed E-state index contributed by atoms with van der Waals surface area (Å²) in [6.07, 6.45) is 1.62. The van der Waals surface area contributed by atoms with Crippen molar-refractivity contribution in [3.05, 3.63) is 0 Å². The molecule has 0 saturated carbocycles. The molecular weight excluding hydrogens is 253 g/mol. The summed E-state index contributed by atoms with van der Waals surface area (Å²) in [6.45, 7) is 9.45. The van der Waals surface area contributed by atoms with E-state index in [1.54, 1.807) is 18.7 Å². The summed E-state index contributed by atoms with van der Waals surface area (Å²) >= 11 is 0. The van der Waals surface area contributed by atoms with E-state index in [1.807, 2.05) is 13.8 Å². The Kier molecular flexibility index (Phi) is 9.34. The average Bonchev–Trinajstić information content (AvgIpc) is 2.29. The first-order valence-electron chi connectivity index (χ1n) is 6.68. The number of amides is 1. The van der Waals surface area contributed by atoms with Crippen molar-refractivity contribution in [2.45, 2.75) is 40.5 Å². The van der Waals surface area contributed by atoms with Gasteiger partial charge in [0.15, 0.2) is 0 Å². The van der Waals surface area contributed by atoms with Crippen molar-refractivity contribution in [3.8, 4) is 0 Å². The molecular formula is C12H26NO4P. The Hall–Kier alpha value is -0.380. The van der Waals surface area contributed by atoms with Crippen LogP contribution >= 0.6 is 7.60 Å². The molecule has 0 rings (SSSR count). The van der Waals surface area contributed by atoms with Crippen molar-refractivity contribution >= 4 is 13.5 Å². The maximum Gasteiger partial charge on any atom is 0.340 e. The second kappa shape index (κ2) is 9.54. The zero-order chi connectivity index (χ0) is 14.0. The van der Waals surface area contributed by atoms with Crippen LogP contribution in [0.25, 0.3) is 0 Å². The lowest BCUT2D eigenvalue weighted by atomic mass is 10.3. The van der Waals surface area contributed by atoms with Crippen molar-refractivity contribution in [1.82, 2.24) is 4.90 Å². The Morgan fingerprint density at radius 3 is 1.78 bits per heavy atom. The Labute approximate surface area is 110 Å². The Morgan fingerprint density at radius 1 is 1.00 bits per heavy atom. The number of carbonyl (C=O) groups is 1. The lowest BCUT2D eigenvalue weighted by Gasteiger charge is -2.24. The van der Waals surface area contributed by atoms with Crippen LogP contribution in [0.15, 0.2) is 0 Å². The van der Waals surface area contributed by atoms with E-state index in [-0.39, 0.29) is 25.3 Å². The Balaban J connectivity index is 4.59. The maximum absolute atomic E-state index is 12.2. The lowest BCUT2D eigenvalue weighted by molar-refractivity contribution is -0.128. The normalized spacial score (nSPS) is 11.6. The van der Waals surface area contributed by atoms with Crippen molar-refractivity contribution < 1.29 is 18.4 Å². The van der Waals surface area contributed by atoms with Crippen LogP contribution < -0.4 is 0 Å². The first-order chi connectivity index (χ1) is 8.52. The van der Waals surface area contributed by atoms with Crippen LogP contribution in [0, 0.1) is 0 Å². The molecule has 0 fully saturated rings. The molecule has 0 spiro atoms. The van der Waals surface area contributed by atoms with Gasteiger partial charge in [-0.2, -0.15) is 0 Å². The molecule has 0 aromatic carbocycles. The van der Waals surface area contributed by atoms with Crippen LogP contribution in [0.1, 0.15) is 40.5 Å². The van der Waals surface area contributed by atoms with Crippen LogP contribution in [0.4, 0.5) is 0 Å². The van der Waals surface area contributed by atoms with Gasteiger partial charge in [-0.05, 0) is 26.7 Å². The van der Waals surface area contributed by atoms with Gasteiger partial charge in [0.1, 0.15) is 6.16 Å². The van der Waals surface area contributed by atoms with Crippen LogP contribution in [0.5, 0.6) is 0 Å². The molecule has 0 aromatic heterocycles. The summed E-state index contributed by atoms with van der Waals surface area (Å²) in [5.41, 5.74) is 0. The van der Waals surface area contributed by atoms with Crippen LogP contribution in [-0.2, 0) is 18.4 Å². The predicted octanol–water partition coefficient (Wildman–Crippen LogP) is 2.90. The van der Waals surface area contributed by atoms with Crippen molar-refractivity contribution in [3.63, 3.8) is 0 Å². The topological polar surface area (TPSA) is 55.8 Å². The van der Waals surface area contributed by atoms with Gasteiger partial charge < -0.3 is 13.9 Å². The number of hydrogen-bond donors (Lipinski definition) is 0. The molecule has 6 heteroatoms. The van der Waals surface area contributed by atoms with Crippen molar-refractivity contribution in [2.75, 3.05) is 32.5 Å². The zero-order valence-corrected chi connectivity index (χ0v) is 12.9. The molecule has 1 amide bonds. The van der Waals surface area contributed by atoms with Crippen LogP contribution in [0.2, 0.25) is 0 Å². The zero-order valence-electron chi connectivity index (χ0n) is 12.0. The van der Waals surface area contributed by atoms with E-state index in [4.69, 9.17) is 9.05 Å². The minimum absolute atomic E-state index is 0.149. The molecule has 0 aliphatic heterocycles. The summed E-state index contributed by atoms with van der Waals surface area (Å²) < 4.78 is 22.5. The van der Waals surface area contributed by atoms with E-state index < -0.39 is 7.60 Å². The number of carbonyl (C=O) groups excluding carboxylic acids is 1. The first kappa shape index (κ1) is 17.6. The van der Waals surface area contributed by atoms with E-state index in [2.05, 4.69) is 0 Å². The van der Waals surface area contributed by atoms with Gasteiger partial charge in [0.05, 0.1) is 13.2 Å². The molecule has 0 heterocycles. The van der Waals surface area contributed by atoms with Gasteiger partial charge in [-0.15, -0.1) is 0 Å². The molecule has 0 unspecified atom stereocenters. The lowest BCUT2D eigenvalue weighted by Crippen LogP contribution is -2.35. The fraction of sp³-hybridized carbons (Fsp3) is 0.917. The summed E-state index contributed by atoms with van der Waals surface area (Å²) in [5.74, 6) is -0.149. The smallest absolute Gasteiger partial charge is 0.340 e. The SMILES string of the molecule is CCCN(CCC)C(=O)CP(=O)(OCC)OCC. The average molecular weight is 279 g/mol. The molecule has 0 aromatic rings. The largest absolute Gasteiger partial charge is 0.342 e. The Morgan fingerprint density at radius 2 is 1.44 bits per heavy atom. The Bertz CT molecular complexity index is 267. The molecule has 0 atom stereocenters. The molecule has 108 valence electrons. The molecule has 0 aliphatic carbocycles. The van der Waals surface area contributed by atoms with Gasteiger partial charge in [0, 0.05) is 13.1 Å². The predicted molar refractivity (Wildman–Crippen MR) is 72.9 cm³/mol. The highest BCUT2D eigenvalue weighted by Gasteiger charge is 2.29. The molecule has 0 saturated heterocycles. The quantitative estimate of drug-likeness (QED) is 0.577. The second-order valence-corrected chi connectivity index (χ2v) is 6.04. The van der Waals surface area contributed by atoms with Gasteiger partial charge >= 0.3 is 7.60 Å². The van der Waals surface area contributed by atoms with Gasteiger partial charge in [-0.1, -0.05) is 13.8 Å². The van der Waals surface area contributed by atoms with Crippen molar-refractivity contribution in [2.24, 2.45) is 0 Å². The fourth-order valence-electron chi connectivity index (χ4n) is 1.69. The standard InChI is InChI=1S/C12H26NO4P/c1-5-9-13(10-6-2)12(14)11-18(15,16-7-3)17-8-4/h5-11H2,1-4H3. The fourth-order valence-corrected chi connectivity index (χ4v) is 3.26. The minimum atomic E-state index is -3.27. The van der Waals surface area contributed by atoms with E-state index >= 15 is 0 Å². The molecule has 18 heavy (non-hydrogen) atoms. The monoisotopic (exact) mass is 279 g/mol. The summed E-state index contributed by atoms with van der Waals surface area (Å²) in [5, 5.41) is 0. The van der Waals surface area contributed by atoms with Crippen LogP contribution in [0.3, 0.4) is 0 Å². The minimum Gasteiger partial charge on any atom is -0.342 e. The molecule has 0 N–H and O–H groups in total. The van der Waals surface area contributed by atoms with E-state index in [1.165, 1.54) is 0 Å². The summed E-state index contributed by atoms with van der Waals surface area (Å²) in [6, 6.07) is 0.